The molecular weight excluding hydrogens is 272 g/mol. The van der Waals surface area contributed by atoms with Crippen molar-refractivity contribution in [1.82, 2.24) is 9.97 Å². The van der Waals surface area contributed by atoms with Gasteiger partial charge < -0.3 is 5.32 Å². The molecule has 1 aliphatic rings. The quantitative estimate of drug-likeness (QED) is 0.908. The Bertz CT molecular complexity index is 696. The topological polar surface area (TPSA) is 61.6 Å². The van der Waals surface area contributed by atoms with Gasteiger partial charge in [0.05, 0.1) is 11.6 Å². The minimum Gasteiger partial charge on any atom is -0.325 e. The lowest BCUT2D eigenvalue weighted by Crippen LogP contribution is -2.06. The van der Waals surface area contributed by atoms with Crippen LogP contribution < -0.4 is 5.32 Å². The standard InChI is InChI=1S/C18H20N4/c1-13-9-16(15-5-3-2-4-6-15)11-18(21-13)22-17-10-14(12-19)7-8-20-17/h7-11,15H,2-6H2,1H3,(H,20,21,22). The van der Waals surface area contributed by atoms with Gasteiger partial charge in [0, 0.05) is 11.9 Å². The van der Waals surface area contributed by atoms with Crippen LogP contribution in [0.4, 0.5) is 11.6 Å². The number of nitrogens with one attached hydrogen (secondary N) is 1. The van der Waals surface area contributed by atoms with Gasteiger partial charge in [0.2, 0.25) is 0 Å². The fourth-order valence-electron chi connectivity index (χ4n) is 3.13. The minimum absolute atomic E-state index is 0.595. The predicted molar refractivity (Wildman–Crippen MR) is 87.0 cm³/mol. The molecule has 1 fully saturated rings. The second-order valence-electron chi connectivity index (χ2n) is 5.93. The van der Waals surface area contributed by atoms with Crippen molar-refractivity contribution in [1.29, 1.82) is 5.26 Å². The van der Waals surface area contributed by atoms with Gasteiger partial charge in [-0.15, -0.1) is 0 Å². The van der Waals surface area contributed by atoms with Gasteiger partial charge in [0.15, 0.2) is 0 Å². The number of rotatable bonds is 3. The number of nitriles is 1. The van der Waals surface area contributed by atoms with Crippen LogP contribution in [-0.2, 0) is 0 Å². The first-order valence-electron chi connectivity index (χ1n) is 7.86. The van der Waals surface area contributed by atoms with Crippen LogP contribution >= 0.6 is 0 Å². The molecule has 3 rings (SSSR count). The van der Waals surface area contributed by atoms with E-state index in [0.29, 0.717) is 17.3 Å². The third-order valence-corrected chi connectivity index (χ3v) is 4.20. The molecule has 0 amide bonds. The summed E-state index contributed by atoms with van der Waals surface area (Å²) in [5.41, 5.74) is 2.98. The number of nitrogens with zero attached hydrogens (tertiary/aromatic N) is 3. The second kappa shape index (κ2) is 6.57. The molecular formula is C18H20N4. The molecule has 2 heterocycles. The average molecular weight is 292 g/mol. The Balaban J connectivity index is 1.84. The first kappa shape index (κ1) is 14.5. The molecule has 0 saturated heterocycles. The third kappa shape index (κ3) is 3.43. The number of aromatic nitrogens is 2. The fraction of sp³-hybridized carbons (Fsp3) is 0.389. The van der Waals surface area contributed by atoms with Crippen molar-refractivity contribution < 1.29 is 0 Å². The Morgan fingerprint density at radius 1 is 1.14 bits per heavy atom. The molecule has 2 aromatic rings. The summed E-state index contributed by atoms with van der Waals surface area (Å²) in [6.07, 6.45) is 8.17. The van der Waals surface area contributed by atoms with E-state index in [2.05, 4.69) is 33.5 Å². The molecule has 1 aliphatic carbocycles. The van der Waals surface area contributed by atoms with Crippen molar-refractivity contribution in [2.75, 3.05) is 5.32 Å². The largest absolute Gasteiger partial charge is 0.325 e. The molecule has 4 heteroatoms. The molecule has 22 heavy (non-hydrogen) atoms. The molecule has 1 saturated carbocycles. The Hall–Kier alpha value is -2.41. The molecule has 0 radical (unpaired) electrons. The van der Waals surface area contributed by atoms with Gasteiger partial charge in [-0.25, -0.2) is 9.97 Å². The molecule has 0 unspecified atom stereocenters. The Morgan fingerprint density at radius 3 is 2.73 bits per heavy atom. The highest BCUT2D eigenvalue weighted by molar-refractivity contribution is 5.55. The summed E-state index contributed by atoms with van der Waals surface area (Å²) in [4.78, 5) is 8.80. The number of hydrogen-bond acceptors (Lipinski definition) is 4. The maximum absolute atomic E-state index is 8.97. The summed E-state index contributed by atoms with van der Waals surface area (Å²) >= 11 is 0. The van der Waals surface area contributed by atoms with Crippen LogP contribution in [0.25, 0.3) is 0 Å². The maximum Gasteiger partial charge on any atom is 0.132 e. The van der Waals surface area contributed by atoms with E-state index in [1.807, 2.05) is 6.92 Å². The normalized spacial score (nSPS) is 15.3. The van der Waals surface area contributed by atoms with Crippen molar-refractivity contribution in [2.24, 2.45) is 0 Å². The van der Waals surface area contributed by atoms with Gasteiger partial charge in [0.1, 0.15) is 11.6 Å². The first-order chi connectivity index (χ1) is 10.7. The van der Waals surface area contributed by atoms with Gasteiger partial charge in [-0.2, -0.15) is 5.26 Å². The first-order valence-corrected chi connectivity index (χ1v) is 7.86. The van der Waals surface area contributed by atoms with E-state index in [1.54, 1.807) is 18.3 Å². The fourth-order valence-corrected chi connectivity index (χ4v) is 3.13. The Kier molecular flexibility index (Phi) is 4.34. The van der Waals surface area contributed by atoms with E-state index in [0.717, 1.165) is 11.5 Å². The Morgan fingerprint density at radius 2 is 1.95 bits per heavy atom. The zero-order valence-corrected chi connectivity index (χ0v) is 12.8. The van der Waals surface area contributed by atoms with Gasteiger partial charge in [-0.1, -0.05) is 19.3 Å². The summed E-state index contributed by atoms with van der Waals surface area (Å²) in [6.45, 7) is 2.02. The van der Waals surface area contributed by atoms with Gasteiger partial charge in [0.25, 0.3) is 0 Å². The van der Waals surface area contributed by atoms with Gasteiger partial charge in [-0.05, 0) is 55.5 Å². The minimum atomic E-state index is 0.595. The highest BCUT2D eigenvalue weighted by Gasteiger charge is 2.16. The van der Waals surface area contributed by atoms with Gasteiger partial charge in [-0.3, -0.25) is 0 Å². The number of anilines is 2. The molecule has 0 spiro atoms. The molecule has 0 aromatic carbocycles. The highest BCUT2D eigenvalue weighted by atomic mass is 15.1. The van der Waals surface area contributed by atoms with E-state index < -0.39 is 0 Å². The van der Waals surface area contributed by atoms with Crippen LogP contribution in [0.15, 0.2) is 30.5 Å². The molecule has 4 nitrogen and oxygen atoms in total. The van der Waals surface area contributed by atoms with E-state index >= 15 is 0 Å². The van der Waals surface area contributed by atoms with Crippen molar-refractivity contribution in [2.45, 2.75) is 44.9 Å². The molecule has 0 bridgehead atoms. The van der Waals surface area contributed by atoms with Crippen LogP contribution in [0.2, 0.25) is 0 Å². The summed E-state index contributed by atoms with van der Waals surface area (Å²) in [5.74, 6) is 2.12. The van der Waals surface area contributed by atoms with E-state index in [-0.39, 0.29) is 0 Å². The zero-order valence-electron chi connectivity index (χ0n) is 12.8. The lowest BCUT2D eigenvalue weighted by Gasteiger charge is -2.22. The van der Waals surface area contributed by atoms with E-state index in [9.17, 15) is 0 Å². The molecule has 0 aliphatic heterocycles. The Labute approximate surface area is 131 Å². The van der Waals surface area contributed by atoms with Crippen LogP contribution in [-0.4, -0.2) is 9.97 Å². The van der Waals surface area contributed by atoms with Crippen molar-refractivity contribution in [3.8, 4) is 6.07 Å². The van der Waals surface area contributed by atoms with Crippen LogP contribution in [0, 0.1) is 18.3 Å². The number of hydrogen-bond donors (Lipinski definition) is 1. The van der Waals surface area contributed by atoms with E-state index in [1.165, 1.54) is 37.7 Å². The molecule has 112 valence electrons. The second-order valence-corrected chi connectivity index (χ2v) is 5.93. The molecule has 0 atom stereocenters. The summed E-state index contributed by atoms with van der Waals surface area (Å²) in [5, 5.41) is 12.2. The SMILES string of the molecule is Cc1cc(C2CCCCC2)cc(Nc2cc(C#N)ccn2)n1. The van der Waals surface area contributed by atoms with Crippen molar-refractivity contribution in [3.05, 3.63) is 47.3 Å². The van der Waals surface area contributed by atoms with Crippen LogP contribution in [0.5, 0.6) is 0 Å². The highest BCUT2D eigenvalue weighted by Crippen LogP contribution is 2.33. The summed E-state index contributed by atoms with van der Waals surface area (Å²) in [6, 6.07) is 9.89. The predicted octanol–water partition coefficient (Wildman–Crippen LogP) is 4.45. The zero-order chi connectivity index (χ0) is 15.4. The molecule has 2 aromatic heterocycles. The van der Waals surface area contributed by atoms with Gasteiger partial charge >= 0.3 is 0 Å². The smallest absolute Gasteiger partial charge is 0.132 e. The maximum atomic E-state index is 8.97. The summed E-state index contributed by atoms with van der Waals surface area (Å²) in [7, 11) is 0. The average Bonchev–Trinajstić information content (AvgIpc) is 2.55. The lowest BCUT2D eigenvalue weighted by atomic mass is 9.84. The molecule has 1 N–H and O–H groups in total. The monoisotopic (exact) mass is 292 g/mol. The van der Waals surface area contributed by atoms with Crippen molar-refractivity contribution in [3.63, 3.8) is 0 Å². The lowest BCUT2D eigenvalue weighted by molar-refractivity contribution is 0.443. The van der Waals surface area contributed by atoms with Crippen LogP contribution in [0.3, 0.4) is 0 Å². The summed E-state index contributed by atoms with van der Waals surface area (Å²) < 4.78 is 0. The van der Waals surface area contributed by atoms with Crippen LogP contribution in [0.1, 0.15) is 54.8 Å². The third-order valence-electron chi connectivity index (χ3n) is 4.20. The van der Waals surface area contributed by atoms with E-state index in [4.69, 9.17) is 5.26 Å². The number of aryl methyl sites for hydroxylation is 1. The number of pyridine rings is 2. The van der Waals surface area contributed by atoms with Crippen molar-refractivity contribution >= 4 is 11.6 Å².